The molecule has 11 heteroatoms. The van der Waals surface area contributed by atoms with Crippen molar-refractivity contribution in [3.8, 4) is 0 Å². The summed E-state index contributed by atoms with van der Waals surface area (Å²) in [6.07, 6.45) is 0.655. The van der Waals surface area contributed by atoms with Crippen LogP contribution in [0.5, 0.6) is 0 Å². The summed E-state index contributed by atoms with van der Waals surface area (Å²) in [6, 6.07) is 6.61. The molecule has 1 amide bonds. The molecule has 0 radical (unpaired) electrons. The number of amides is 1. The number of nitrogens with zero attached hydrogens (tertiary/aromatic N) is 3. The lowest BCUT2D eigenvalue weighted by Gasteiger charge is -2.05. The molecule has 162 valence electrons. The molecular formula is C20H21N5O5S. The smallest absolute Gasteiger partial charge is 0.328 e. The first-order chi connectivity index (χ1) is 14.7. The maximum absolute atomic E-state index is 12.2. The van der Waals surface area contributed by atoms with E-state index in [1.807, 2.05) is 0 Å². The molecule has 2 aromatic heterocycles. The molecule has 3 rings (SSSR count). The normalized spacial score (nSPS) is 10.8. The van der Waals surface area contributed by atoms with Gasteiger partial charge in [0.05, 0.1) is 5.75 Å². The Labute approximate surface area is 181 Å². The van der Waals surface area contributed by atoms with Gasteiger partial charge >= 0.3 is 5.69 Å². The van der Waals surface area contributed by atoms with Crippen molar-refractivity contribution in [3.05, 3.63) is 67.8 Å². The number of H-pyrrole nitrogens is 1. The highest BCUT2D eigenvalue weighted by Crippen LogP contribution is 2.18. The van der Waals surface area contributed by atoms with Gasteiger partial charge in [-0.2, -0.15) is 0 Å². The van der Waals surface area contributed by atoms with Gasteiger partial charge < -0.3 is 14.7 Å². The molecule has 1 aromatic carbocycles. The molecule has 0 saturated carbocycles. The van der Waals surface area contributed by atoms with Crippen LogP contribution in [0.15, 0.2) is 43.5 Å². The summed E-state index contributed by atoms with van der Waals surface area (Å²) in [5.74, 6) is 0.0927. The largest absolute Gasteiger partial charge is 0.416 e. The van der Waals surface area contributed by atoms with Gasteiger partial charge in [0.15, 0.2) is 5.78 Å². The van der Waals surface area contributed by atoms with Gasteiger partial charge in [-0.05, 0) is 44.5 Å². The van der Waals surface area contributed by atoms with Crippen LogP contribution < -0.4 is 16.6 Å². The average Bonchev–Trinajstić information content (AvgIpc) is 3.19. The number of Topliss-reactive ketones (excluding diaryl/α,β-unsaturated/α-hetero) is 1. The molecule has 0 saturated heterocycles. The Morgan fingerprint density at radius 3 is 2.55 bits per heavy atom. The van der Waals surface area contributed by atoms with Crippen molar-refractivity contribution >= 4 is 29.1 Å². The Balaban J connectivity index is 1.53. The average molecular weight is 443 g/mol. The van der Waals surface area contributed by atoms with Crippen LogP contribution in [0.3, 0.4) is 0 Å². The molecule has 0 aliphatic heterocycles. The van der Waals surface area contributed by atoms with Crippen LogP contribution in [-0.4, -0.2) is 37.2 Å². The molecule has 10 nitrogen and oxygen atoms in total. The molecule has 2 heterocycles. The number of aromatic amines is 1. The Morgan fingerprint density at radius 2 is 1.87 bits per heavy atom. The van der Waals surface area contributed by atoms with Gasteiger partial charge in [0.2, 0.25) is 11.8 Å². The fraction of sp³-hybridized carbons (Fsp3) is 0.300. The van der Waals surface area contributed by atoms with Gasteiger partial charge in [0.25, 0.3) is 10.8 Å². The Morgan fingerprint density at radius 1 is 1.16 bits per heavy atom. The van der Waals surface area contributed by atoms with Crippen molar-refractivity contribution in [3.63, 3.8) is 0 Å². The van der Waals surface area contributed by atoms with E-state index in [1.54, 1.807) is 31.2 Å². The lowest BCUT2D eigenvalue weighted by atomic mass is 10.1. The predicted octanol–water partition coefficient (Wildman–Crippen LogP) is 1.48. The molecule has 3 aromatic rings. The van der Waals surface area contributed by atoms with Crippen LogP contribution in [0.4, 0.5) is 5.69 Å². The fourth-order valence-electron chi connectivity index (χ4n) is 2.81. The highest BCUT2D eigenvalue weighted by molar-refractivity contribution is 7.99. The second-order valence-electron chi connectivity index (χ2n) is 6.83. The van der Waals surface area contributed by atoms with Gasteiger partial charge in [0.1, 0.15) is 0 Å². The topological polar surface area (TPSA) is 140 Å². The van der Waals surface area contributed by atoms with Crippen LogP contribution in [0, 0.1) is 6.92 Å². The first-order valence-corrected chi connectivity index (χ1v) is 10.4. The van der Waals surface area contributed by atoms with Crippen molar-refractivity contribution in [2.45, 2.75) is 31.9 Å². The van der Waals surface area contributed by atoms with E-state index in [9.17, 15) is 19.2 Å². The van der Waals surface area contributed by atoms with Crippen LogP contribution in [-0.2, 0) is 24.7 Å². The molecule has 0 fully saturated rings. The third-order valence-electron chi connectivity index (χ3n) is 4.55. The minimum Gasteiger partial charge on any atom is -0.416 e. The maximum atomic E-state index is 12.2. The van der Waals surface area contributed by atoms with E-state index in [4.69, 9.17) is 4.42 Å². The number of aryl methyl sites for hydroxylation is 2. The van der Waals surface area contributed by atoms with Crippen LogP contribution in [0.25, 0.3) is 0 Å². The van der Waals surface area contributed by atoms with Crippen molar-refractivity contribution in [2.24, 2.45) is 7.05 Å². The summed E-state index contributed by atoms with van der Waals surface area (Å²) in [5, 5.41) is 10.8. The second kappa shape index (κ2) is 9.56. The SMILES string of the molecule is CC(=O)c1ccc(NC(=O)CSc2nnc(CCc3c(C)[nH]c(=O)n(C)c3=O)o2)cc1. The van der Waals surface area contributed by atoms with Crippen LogP contribution >= 0.6 is 11.8 Å². The van der Waals surface area contributed by atoms with E-state index in [1.165, 1.54) is 14.0 Å². The molecule has 2 N–H and O–H groups in total. The fourth-order valence-corrected chi connectivity index (χ4v) is 3.39. The number of ketones is 1. The Bertz CT molecular complexity index is 1230. The number of benzene rings is 1. The standard InChI is InChI=1S/C20H21N5O5S/c1-11-15(18(28)25(3)19(29)21-11)8-9-17-23-24-20(30-17)31-10-16(27)22-14-6-4-13(5-7-14)12(2)26/h4-7H,8-10H2,1-3H3,(H,21,29)(H,22,27). The molecule has 31 heavy (non-hydrogen) atoms. The molecule has 0 bridgehead atoms. The number of hydrogen-bond acceptors (Lipinski definition) is 8. The molecule has 0 aliphatic carbocycles. The Kier molecular flexibility index (Phi) is 6.85. The third-order valence-corrected chi connectivity index (χ3v) is 5.37. The number of nitrogens with one attached hydrogen (secondary N) is 2. The number of carbonyl (C=O) groups is 2. The lowest BCUT2D eigenvalue weighted by Crippen LogP contribution is -2.36. The molecule has 0 aliphatic rings. The third kappa shape index (κ3) is 5.57. The highest BCUT2D eigenvalue weighted by atomic mass is 32.2. The van der Waals surface area contributed by atoms with Crippen molar-refractivity contribution in [1.82, 2.24) is 19.7 Å². The zero-order valence-electron chi connectivity index (χ0n) is 17.2. The second-order valence-corrected chi connectivity index (χ2v) is 7.76. The van der Waals surface area contributed by atoms with Gasteiger partial charge in [-0.1, -0.05) is 11.8 Å². The predicted molar refractivity (Wildman–Crippen MR) is 115 cm³/mol. The summed E-state index contributed by atoms with van der Waals surface area (Å²) >= 11 is 1.09. The number of anilines is 1. The van der Waals surface area contributed by atoms with E-state index in [0.29, 0.717) is 41.2 Å². The molecule has 0 atom stereocenters. The number of aromatic nitrogens is 4. The number of hydrogen-bond donors (Lipinski definition) is 2. The molecule has 0 spiro atoms. The van der Waals surface area contributed by atoms with Crippen molar-refractivity contribution < 1.29 is 14.0 Å². The lowest BCUT2D eigenvalue weighted by molar-refractivity contribution is -0.113. The first kappa shape index (κ1) is 22.2. The highest BCUT2D eigenvalue weighted by Gasteiger charge is 2.13. The number of thioether (sulfide) groups is 1. The Hall–Kier alpha value is -3.47. The van der Waals surface area contributed by atoms with Crippen LogP contribution in [0.2, 0.25) is 0 Å². The summed E-state index contributed by atoms with van der Waals surface area (Å²) < 4.78 is 6.54. The van der Waals surface area contributed by atoms with E-state index < -0.39 is 5.69 Å². The zero-order chi connectivity index (χ0) is 22.5. The van der Waals surface area contributed by atoms with E-state index in [2.05, 4.69) is 20.5 Å². The monoisotopic (exact) mass is 443 g/mol. The summed E-state index contributed by atoms with van der Waals surface area (Å²) in [6.45, 7) is 3.14. The van der Waals surface area contributed by atoms with E-state index in [-0.39, 0.29) is 28.2 Å². The van der Waals surface area contributed by atoms with Crippen molar-refractivity contribution in [1.29, 1.82) is 0 Å². The minimum atomic E-state index is -0.462. The summed E-state index contributed by atoms with van der Waals surface area (Å²) in [7, 11) is 1.41. The minimum absolute atomic E-state index is 0.0447. The van der Waals surface area contributed by atoms with Gasteiger partial charge in [-0.3, -0.25) is 19.0 Å². The van der Waals surface area contributed by atoms with Gasteiger partial charge in [0, 0.05) is 36.0 Å². The first-order valence-electron chi connectivity index (χ1n) is 9.39. The van der Waals surface area contributed by atoms with Gasteiger partial charge in [-0.25, -0.2) is 4.79 Å². The van der Waals surface area contributed by atoms with Crippen molar-refractivity contribution in [2.75, 3.05) is 11.1 Å². The molecular weight excluding hydrogens is 422 g/mol. The van der Waals surface area contributed by atoms with E-state index in [0.717, 1.165) is 16.3 Å². The number of carbonyl (C=O) groups excluding carboxylic acids is 2. The summed E-state index contributed by atoms with van der Waals surface area (Å²) in [4.78, 5) is 49.8. The van der Waals surface area contributed by atoms with Gasteiger partial charge in [-0.15, -0.1) is 10.2 Å². The van der Waals surface area contributed by atoms with Crippen LogP contribution in [0.1, 0.15) is 34.4 Å². The zero-order valence-corrected chi connectivity index (χ0v) is 18.0. The molecule has 0 unspecified atom stereocenters. The maximum Gasteiger partial charge on any atom is 0.328 e. The summed E-state index contributed by atoms with van der Waals surface area (Å²) in [5.41, 5.74) is 1.32. The quantitative estimate of drug-likeness (QED) is 0.394. The number of rotatable bonds is 8. The van der Waals surface area contributed by atoms with E-state index >= 15 is 0 Å².